The topological polar surface area (TPSA) is 59.2 Å². The number of rotatable bonds is 6. The maximum Gasteiger partial charge on any atom is 0.273 e. The van der Waals surface area contributed by atoms with E-state index in [1.54, 1.807) is 12.3 Å². The highest BCUT2D eigenvalue weighted by Crippen LogP contribution is 2.13. The highest BCUT2D eigenvalue weighted by Gasteiger charge is 2.22. The molecule has 0 aliphatic rings. The molecule has 1 rings (SSSR count). The van der Waals surface area contributed by atoms with Gasteiger partial charge < -0.3 is 10.6 Å². The third-order valence-corrected chi connectivity index (χ3v) is 3.47. The Morgan fingerprint density at radius 1 is 1.48 bits per heavy atom. The molecule has 0 bridgehead atoms. The second-order valence-corrected chi connectivity index (χ2v) is 5.01. The Kier molecular flexibility index (Phi) is 7.49. The van der Waals surface area contributed by atoms with Gasteiger partial charge in [-0.3, -0.25) is 4.79 Å². The van der Waals surface area contributed by atoms with Crippen molar-refractivity contribution in [3.05, 3.63) is 29.6 Å². The number of hydrogen-bond donors (Lipinski definition) is 1. The summed E-state index contributed by atoms with van der Waals surface area (Å²) in [5.41, 5.74) is 6.48. The Hall–Kier alpha value is -1.86. The molecule has 4 nitrogen and oxygen atoms in total. The number of carbonyl (C=O) groups is 1. The smallest absolute Gasteiger partial charge is 0.273 e. The zero-order chi connectivity index (χ0) is 15.7. The van der Waals surface area contributed by atoms with E-state index in [-0.39, 0.29) is 18.5 Å². The van der Waals surface area contributed by atoms with Crippen LogP contribution in [0.4, 0.5) is 0 Å². The SMILES string of the molecule is CCCCN(C(=O)c1ncccc1C#CCN)C(C)CC. The van der Waals surface area contributed by atoms with E-state index in [9.17, 15) is 4.79 Å². The first-order chi connectivity index (χ1) is 10.2. The fraction of sp³-hybridized carbons (Fsp3) is 0.529. The summed E-state index contributed by atoms with van der Waals surface area (Å²) < 4.78 is 0. The van der Waals surface area contributed by atoms with Crippen LogP contribution in [0.5, 0.6) is 0 Å². The van der Waals surface area contributed by atoms with Crippen LogP contribution in [0.1, 0.15) is 56.1 Å². The standard InChI is InChI=1S/C17H25N3O/c1-4-6-13-20(14(3)5-2)17(21)16-15(9-7-11-18)10-8-12-19-16/h8,10,12,14H,4-6,11,13,18H2,1-3H3. The Balaban J connectivity index is 3.08. The molecule has 0 aliphatic heterocycles. The van der Waals surface area contributed by atoms with E-state index in [0.717, 1.165) is 25.8 Å². The molecule has 0 saturated heterocycles. The lowest BCUT2D eigenvalue weighted by Crippen LogP contribution is -2.39. The quantitative estimate of drug-likeness (QED) is 0.818. The zero-order valence-corrected chi connectivity index (χ0v) is 13.2. The molecule has 0 aliphatic carbocycles. The van der Waals surface area contributed by atoms with Gasteiger partial charge in [0.15, 0.2) is 0 Å². The summed E-state index contributed by atoms with van der Waals surface area (Å²) in [6.07, 6.45) is 4.61. The number of amides is 1. The van der Waals surface area contributed by atoms with Gasteiger partial charge in [0, 0.05) is 18.8 Å². The van der Waals surface area contributed by atoms with Crippen LogP contribution in [0, 0.1) is 11.8 Å². The first-order valence-corrected chi connectivity index (χ1v) is 7.60. The monoisotopic (exact) mass is 287 g/mol. The van der Waals surface area contributed by atoms with Crippen LogP contribution in [0.15, 0.2) is 18.3 Å². The van der Waals surface area contributed by atoms with Crippen LogP contribution in [0.2, 0.25) is 0 Å². The molecular weight excluding hydrogens is 262 g/mol. The molecule has 21 heavy (non-hydrogen) atoms. The van der Waals surface area contributed by atoms with Crippen molar-refractivity contribution in [1.29, 1.82) is 0 Å². The van der Waals surface area contributed by atoms with Crippen molar-refractivity contribution in [2.45, 2.75) is 46.1 Å². The van der Waals surface area contributed by atoms with Gasteiger partial charge in [0.1, 0.15) is 5.69 Å². The molecule has 1 unspecified atom stereocenters. The maximum absolute atomic E-state index is 12.8. The average Bonchev–Trinajstić information content (AvgIpc) is 2.52. The summed E-state index contributed by atoms with van der Waals surface area (Å²) in [4.78, 5) is 18.9. The summed E-state index contributed by atoms with van der Waals surface area (Å²) in [7, 11) is 0. The summed E-state index contributed by atoms with van der Waals surface area (Å²) in [5, 5.41) is 0. The number of aromatic nitrogens is 1. The Morgan fingerprint density at radius 2 is 2.24 bits per heavy atom. The highest BCUT2D eigenvalue weighted by molar-refractivity contribution is 5.95. The van der Waals surface area contributed by atoms with Crippen LogP contribution in [-0.4, -0.2) is 34.9 Å². The number of unbranched alkanes of at least 4 members (excludes halogenated alkanes) is 1. The van der Waals surface area contributed by atoms with Crippen LogP contribution in [0.25, 0.3) is 0 Å². The van der Waals surface area contributed by atoms with E-state index in [1.165, 1.54) is 0 Å². The van der Waals surface area contributed by atoms with Crippen molar-refractivity contribution in [3.63, 3.8) is 0 Å². The van der Waals surface area contributed by atoms with Gasteiger partial charge in [0.2, 0.25) is 0 Å². The predicted octanol–water partition coefficient (Wildman–Crippen LogP) is 2.43. The summed E-state index contributed by atoms with van der Waals surface area (Å²) in [6.45, 7) is 7.31. The Labute approximate surface area is 127 Å². The van der Waals surface area contributed by atoms with Gasteiger partial charge in [-0.25, -0.2) is 4.98 Å². The minimum atomic E-state index is -0.0419. The van der Waals surface area contributed by atoms with Gasteiger partial charge in [0.25, 0.3) is 5.91 Å². The highest BCUT2D eigenvalue weighted by atomic mass is 16.2. The van der Waals surface area contributed by atoms with Crippen LogP contribution in [-0.2, 0) is 0 Å². The molecule has 4 heteroatoms. The van der Waals surface area contributed by atoms with E-state index < -0.39 is 0 Å². The van der Waals surface area contributed by atoms with Gasteiger partial charge >= 0.3 is 0 Å². The van der Waals surface area contributed by atoms with Crippen molar-refractivity contribution < 1.29 is 4.79 Å². The van der Waals surface area contributed by atoms with Gasteiger partial charge in [-0.15, -0.1) is 0 Å². The van der Waals surface area contributed by atoms with Gasteiger partial charge in [-0.1, -0.05) is 32.1 Å². The van der Waals surface area contributed by atoms with Crippen molar-refractivity contribution in [1.82, 2.24) is 9.88 Å². The largest absolute Gasteiger partial charge is 0.335 e. The van der Waals surface area contributed by atoms with E-state index in [2.05, 4.69) is 37.6 Å². The maximum atomic E-state index is 12.8. The molecule has 0 radical (unpaired) electrons. The van der Waals surface area contributed by atoms with Gasteiger partial charge in [-0.2, -0.15) is 0 Å². The Bertz CT molecular complexity index is 516. The molecule has 1 atom stereocenters. The van der Waals surface area contributed by atoms with Crippen molar-refractivity contribution in [2.24, 2.45) is 5.73 Å². The fourth-order valence-electron chi connectivity index (χ4n) is 2.03. The molecule has 1 amide bonds. The Morgan fingerprint density at radius 3 is 2.86 bits per heavy atom. The predicted molar refractivity (Wildman–Crippen MR) is 85.9 cm³/mol. The second kappa shape index (κ2) is 9.15. The third kappa shape index (κ3) is 4.87. The molecule has 2 N–H and O–H groups in total. The molecular formula is C17H25N3O. The summed E-state index contributed by atoms with van der Waals surface area (Å²) in [5.74, 6) is 5.69. The third-order valence-electron chi connectivity index (χ3n) is 3.47. The molecule has 1 aromatic heterocycles. The molecule has 0 fully saturated rings. The number of pyridine rings is 1. The summed E-state index contributed by atoms with van der Waals surface area (Å²) in [6, 6.07) is 3.80. The van der Waals surface area contributed by atoms with Crippen molar-refractivity contribution in [2.75, 3.05) is 13.1 Å². The fourth-order valence-corrected chi connectivity index (χ4v) is 2.03. The minimum absolute atomic E-state index is 0.0419. The van der Waals surface area contributed by atoms with Crippen molar-refractivity contribution >= 4 is 5.91 Å². The summed E-state index contributed by atoms with van der Waals surface area (Å²) >= 11 is 0. The van der Waals surface area contributed by atoms with Crippen LogP contribution in [0.3, 0.4) is 0 Å². The lowest BCUT2D eigenvalue weighted by Gasteiger charge is -2.28. The minimum Gasteiger partial charge on any atom is -0.335 e. The number of hydrogen-bond acceptors (Lipinski definition) is 3. The molecule has 0 spiro atoms. The molecule has 1 heterocycles. The lowest BCUT2D eigenvalue weighted by molar-refractivity contribution is 0.0679. The van der Waals surface area contributed by atoms with E-state index in [1.807, 2.05) is 11.0 Å². The first kappa shape index (κ1) is 17.2. The van der Waals surface area contributed by atoms with E-state index in [0.29, 0.717) is 11.3 Å². The molecule has 1 aromatic rings. The van der Waals surface area contributed by atoms with Crippen LogP contribution >= 0.6 is 0 Å². The van der Waals surface area contributed by atoms with E-state index >= 15 is 0 Å². The number of carbonyl (C=O) groups excluding carboxylic acids is 1. The van der Waals surface area contributed by atoms with Crippen LogP contribution < -0.4 is 5.73 Å². The van der Waals surface area contributed by atoms with E-state index in [4.69, 9.17) is 5.73 Å². The first-order valence-electron chi connectivity index (χ1n) is 7.60. The zero-order valence-electron chi connectivity index (χ0n) is 13.2. The molecule has 0 saturated carbocycles. The van der Waals surface area contributed by atoms with Gasteiger partial charge in [0.05, 0.1) is 12.1 Å². The second-order valence-electron chi connectivity index (χ2n) is 5.01. The average molecular weight is 287 g/mol. The van der Waals surface area contributed by atoms with Gasteiger partial charge in [-0.05, 0) is 31.9 Å². The normalized spacial score (nSPS) is 11.4. The molecule has 114 valence electrons. The lowest BCUT2D eigenvalue weighted by atomic mass is 10.1. The number of nitrogens with zero attached hydrogens (tertiary/aromatic N) is 2. The molecule has 0 aromatic carbocycles. The van der Waals surface area contributed by atoms with Crippen molar-refractivity contribution in [3.8, 4) is 11.8 Å². The number of nitrogens with two attached hydrogens (primary N) is 1.